The minimum absolute atomic E-state index is 0.102. The molecule has 0 radical (unpaired) electrons. The first-order chi connectivity index (χ1) is 13.6. The van der Waals surface area contributed by atoms with Crippen molar-refractivity contribution in [1.82, 2.24) is 25.2 Å². The van der Waals surface area contributed by atoms with Crippen molar-refractivity contribution in [2.75, 3.05) is 13.2 Å². The summed E-state index contributed by atoms with van der Waals surface area (Å²) in [7, 11) is 0. The van der Waals surface area contributed by atoms with E-state index in [1.807, 2.05) is 37.4 Å². The zero-order valence-electron chi connectivity index (χ0n) is 15.8. The Bertz CT molecular complexity index is 954. The van der Waals surface area contributed by atoms with Gasteiger partial charge in [-0.25, -0.2) is 19.7 Å². The number of fused-ring (bicyclic) bond motifs is 2. The van der Waals surface area contributed by atoms with E-state index in [9.17, 15) is 9.90 Å². The Balaban J connectivity index is 1.38. The molecule has 28 heavy (non-hydrogen) atoms. The molecule has 0 unspecified atom stereocenters. The first kappa shape index (κ1) is 18.4. The van der Waals surface area contributed by atoms with Gasteiger partial charge < -0.3 is 19.7 Å². The summed E-state index contributed by atoms with van der Waals surface area (Å²) in [5, 5.41) is 12.1. The fourth-order valence-corrected chi connectivity index (χ4v) is 3.25. The van der Waals surface area contributed by atoms with Gasteiger partial charge in [-0.3, -0.25) is 0 Å². The van der Waals surface area contributed by atoms with E-state index in [-0.39, 0.29) is 25.1 Å². The van der Waals surface area contributed by atoms with Crippen LogP contribution in [0.15, 0.2) is 34.9 Å². The quantitative estimate of drug-likeness (QED) is 0.701. The number of aliphatic hydroxyl groups is 1. The van der Waals surface area contributed by atoms with Gasteiger partial charge in [0.1, 0.15) is 11.3 Å². The number of carbonyl (C=O) groups is 1. The van der Waals surface area contributed by atoms with Crippen LogP contribution in [-0.2, 0) is 25.9 Å². The van der Waals surface area contributed by atoms with Crippen LogP contribution < -0.4 is 5.32 Å². The third kappa shape index (κ3) is 3.96. The summed E-state index contributed by atoms with van der Waals surface area (Å²) in [5.41, 5.74) is 3.43. The zero-order valence-corrected chi connectivity index (χ0v) is 15.8. The molecule has 2 amide bonds. The highest BCUT2D eigenvalue weighted by Crippen LogP contribution is 2.18. The molecule has 2 aromatic heterocycles. The van der Waals surface area contributed by atoms with Crippen molar-refractivity contribution < 1.29 is 14.3 Å². The van der Waals surface area contributed by atoms with Gasteiger partial charge in [0.25, 0.3) is 0 Å². The Hall–Kier alpha value is -3.00. The van der Waals surface area contributed by atoms with Crippen LogP contribution in [0.4, 0.5) is 4.79 Å². The lowest BCUT2D eigenvalue weighted by Crippen LogP contribution is -2.43. The van der Waals surface area contributed by atoms with Crippen LogP contribution in [0.5, 0.6) is 0 Å². The van der Waals surface area contributed by atoms with Crippen LogP contribution in [0.3, 0.4) is 0 Å². The summed E-state index contributed by atoms with van der Waals surface area (Å²) in [5.74, 6) is 1.29. The van der Waals surface area contributed by atoms with Gasteiger partial charge in [-0.15, -0.1) is 0 Å². The Labute approximate surface area is 162 Å². The largest absolute Gasteiger partial charge is 0.439 e. The molecular formula is C20H23N5O3. The number of carbonyl (C=O) groups excluding carboxylic acids is 1. The van der Waals surface area contributed by atoms with E-state index in [2.05, 4.69) is 20.3 Å². The van der Waals surface area contributed by atoms with Crippen LogP contribution in [0.1, 0.15) is 29.9 Å². The predicted molar refractivity (Wildman–Crippen MR) is 102 cm³/mol. The summed E-state index contributed by atoms with van der Waals surface area (Å²) in [4.78, 5) is 27.7. The highest BCUT2D eigenvalue weighted by molar-refractivity contribution is 5.75. The normalized spacial score (nSPS) is 14.7. The number of oxazole rings is 1. The number of amides is 2. The average Bonchev–Trinajstić information content (AvgIpc) is 3.14. The maximum atomic E-state index is 12.6. The lowest BCUT2D eigenvalue weighted by molar-refractivity contribution is 0.189. The molecule has 0 bridgehead atoms. The first-order valence-corrected chi connectivity index (χ1v) is 9.44. The number of nitrogens with zero attached hydrogens (tertiary/aromatic N) is 4. The number of urea groups is 1. The number of aliphatic hydroxyl groups excluding tert-OH is 1. The summed E-state index contributed by atoms with van der Waals surface area (Å²) in [6.07, 6.45) is 3.19. The topological polar surface area (TPSA) is 104 Å². The summed E-state index contributed by atoms with van der Waals surface area (Å²) in [6, 6.07) is 7.34. The minimum Gasteiger partial charge on any atom is -0.439 e. The molecule has 0 saturated heterocycles. The number of aromatic nitrogens is 3. The second kappa shape index (κ2) is 7.93. The maximum Gasteiger partial charge on any atom is 0.318 e. The van der Waals surface area contributed by atoms with Crippen LogP contribution in [0.25, 0.3) is 11.1 Å². The van der Waals surface area contributed by atoms with Gasteiger partial charge in [0, 0.05) is 25.8 Å². The number of rotatable bonds is 5. The van der Waals surface area contributed by atoms with E-state index in [1.165, 1.54) is 0 Å². The van der Waals surface area contributed by atoms with E-state index in [0.29, 0.717) is 36.8 Å². The molecule has 2 N–H and O–H groups in total. The average molecular weight is 381 g/mol. The van der Waals surface area contributed by atoms with Gasteiger partial charge in [-0.2, -0.15) is 0 Å². The van der Waals surface area contributed by atoms with Crippen LogP contribution in [0.2, 0.25) is 0 Å². The second-order valence-corrected chi connectivity index (χ2v) is 7.16. The number of nitrogens with one attached hydrogen (secondary N) is 1. The third-order valence-electron chi connectivity index (χ3n) is 4.85. The van der Waals surface area contributed by atoms with E-state index < -0.39 is 0 Å². The highest BCUT2D eigenvalue weighted by Gasteiger charge is 2.23. The molecule has 1 atom stereocenters. The zero-order chi connectivity index (χ0) is 19.5. The van der Waals surface area contributed by atoms with Gasteiger partial charge in [0.05, 0.1) is 18.8 Å². The monoisotopic (exact) mass is 381 g/mol. The van der Waals surface area contributed by atoms with Gasteiger partial charge in [0.15, 0.2) is 5.58 Å². The van der Waals surface area contributed by atoms with Crippen molar-refractivity contribution in [3.05, 3.63) is 53.4 Å². The molecule has 8 heteroatoms. The number of hydrogen-bond donors (Lipinski definition) is 2. The Morgan fingerprint density at radius 1 is 1.36 bits per heavy atom. The molecule has 0 spiro atoms. The van der Waals surface area contributed by atoms with Crippen molar-refractivity contribution in [3.63, 3.8) is 0 Å². The highest BCUT2D eigenvalue weighted by atomic mass is 16.3. The van der Waals surface area contributed by atoms with Crippen molar-refractivity contribution >= 4 is 17.1 Å². The number of hydrogen-bond acceptors (Lipinski definition) is 6. The lowest BCUT2D eigenvalue weighted by Gasteiger charge is -2.28. The summed E-state index contributed by atoms with van der Waals surface area (Å²) in [6.45, 7) is 3.35. The molecule has 1 aromatic carbocycles. The number of benzene rings is 1. The lowest BCUT2D eigenvalue weighted by atomic mass is 10.1. The van der Waals surface area contributed by atoms with Crippen molar-refractivity contribution in [3.8, 4) is 0 Å². The van der Waals surface area contributed by atoms with Crippen molar-refractivity contribution in [2.45, 2.75) is 32.9 Å². The third-order valence-corrected chi connectivity index (χ3v) is 4.85. The summed E-state index contributed by atoms with van der Waals surface area (Å²) < 4.78 is 5.64. The fraction of sp³-hybridized carbons (Fsp3) is 0.400. The maximum absolute atomic E-state index is 12.6. The second-order valence-electron chi connectivity index (χ2n) is 7.16. The van der Waals surface area contributed by atoms with Crippen LogP contribution in [-0.4, -0.2) is 44.1 Å². The van der Waals surface area contributed by atoms with Gasteiger partial charge in [0.2, 0.25) is 5.89 Å². The molecule has 8 nitrogen and oxygen atoms in total. The first-order valence-electron chi connectivity index (χ1n) is 9.44. The minimum atomic E-state index is -0.170. The SMILES string of the molecule is C[C@@H](CO)Cc1ncc2c(n1)CN(C(=O)NCc1nc3ccccc3o1)CC2. The molecule has 146 valence electrons. The smallest absolute Gasteiger partial charge is 0.318 e. The Morgan fingerprint density at radius 2 is 2.21 bits per heavy atom. The summed E-state index contributed by atoms with van der Waals surface area (Å²) >= 11 is 0. The van der Waals surface area contributed by atoms with Gasteiger partial charge in [-0.05, 0) is 30.0 Å². The molecule has 0 saturated carbocycles. The van der Waals surface area contributed by atoms with Gasteiger partial charge in [-0.1, -0.05) is 19.1 Å². The predicted octanol–water partition coefficient (Wildman–Crippen LogP) is 2.06. The fourth-order valence-electron chi connectivity index (χ4n) is 3.25. The molecule has 3 heterocycles. The van der Waals surface area contributed by atoms with Crippen molar-refractivity contribution in [1.29, 1.82) is 0 Å². The molecule has 1 aliphatic rings. The molecule has 4 rings (SSSR count). The van der Waals surface area contributed by atoms with E-state index in [4.69, 9.17) is 4.42 Å². The van der Waals surface area contributed by atoms with Crippen LogP contribution >= 0.6 is 0 Å². The Morgan fingerprint density at radius 3 is 3.04 bits per heavy atom. The molecule has 0 aliphatic carbocycles. The molecule has 1 aliphatic heterocycles. The van der Waals surface area contributed by atoms with Crippen molar-refractivity contribution in [2.24, 2.45) is 5.92 Å². The molecular weight excluding hydrogens is 358 g/mol. The van der Waals surface area contributed by atoms with E-state index in [0.717, 1.165) is 23.2 Å². The Kier molecular flexibility index (Phi) is 5.21. The standard InChI is InChI=1S/C20H23N5O3/c1-13(12-26)8-18-21-9-14-6-7-25(11-16(14)23-18)20(27)22-10-19-24-15-4-2-3-5-17(15)28-19/h2-5,9,13,26H,6-8,10-12H2,1H3,(H,22,27)/t13-/m1/s1. The molecule has 3 aromatic rings. The molecule has 0 fully saturated rings. The van der Waals surface area contributed by atoms with Gasteiger partial charge >= 0.3 is 6.03 Å². The van der Waals surface area contributed by atoms with E-state index in [1.54, 1.807) is 4.90 Å². The van der Waals surface area contributed by atoms with Crippen LogP contribution in [0, 0.1) is 5.92 Å². The van der Waals surface area contributed by atoms with E-state index >= 15 is 0 Å². The number of para-hydroxylation sites is 2.